The molecule has 0 fully saturated rings. The molecule has 10 heteroatoms. The molecule has 4 aromatic rings. The maximum Gasteiger partial charge on any atom is 0.303 e. The fourth-order valence-corrected chi connectivity index (χ4v) is 4.03. The summed E-state index contributed by atoms with van der Waals surface area (Å²) in [7, 11) is 3.54. The monoisotopic (exact) mass is 512 g/mol. The van der Waals surface area contributed by atoms with Gasteiger partial charge in [-0.1, -0.05) is 17.7 Å². The molecule has 0 spiro atoms. The van der Waals surface area contributed by atoms with Crippen LogP contribution in [0.2, 0.25) is 5.02 Å². The number of hydrogen-bond donors (Lipinski definition) is 1. The number of nitrogens with one attached hydrogen (secondary N) is 1. The normalized spacial score (nSPS) is 12.3. The first kappa shape index (κ1) is 25.5. The molecule has 1 N–H and O–H groups in total. The molecule has 4 rings (SSSR count). The molecule has 0 bridgehead atoms. The predicted octanol–water partition coefficient (Wildman–Crippen LogP) is 5.43. The molecule has 1 unspecified atom stereocenters. The quantitative estimate of drug-likeness (QED) is 0.279. The summed E-state index contributed by atoms with van der Waals surface area (Å²) in [5, 5.41) is 5.34. The van der Waals surface area contributed by atoms with Gasteiger partial charge in [-0.2, -0.15) is 0 Å². The van der Waals surface area contributed by atoms with Gasteiger partial charge in [0.25, 0.3) is 0 Å². The summed E-state index contributed by atoms with van der Waals surface area (Å²) in [6.07, 6.45) is 2.53. The molecular formula is C26H29ClN4O5. The third kappa shape index (κ3) is 5.63. The van der Waals surface area contributed by atoms with Crippen LogP contribution in [-0.2, 0) is 9.53 Å². The molecule has 2 aromatic carbocycles. The van der Waals surface area contributed by atoms with E-state index >= 15 is 0 Å². The third-order valence-corrected chi connectivity index (χ3v) is 6.14. The Labute approximate surface area is 214 Å². The molecule has 0 aliphatic carbocycles. The number of halogens is 1. The smallest absolute Gasteiger partial charge is 0.303 e. The maximum atomic E-state index is 11.6. The van der Waals surface area contributed by atoms with Crippen molar-refractivity contribution < 1.29 is 23.4 Å². The Morgan fingerprint density at radius 3 is 2.75 bits per heavy atom. The van der Waals surface area contributed by atoms with Crippen molar-refractivity contribution in [1.29, 1.82) is 0 Å². The van der Waals surface area contributed by atoms with Gasteiger partial charge < -0.3 is 28.8 Å². The van der Waals surface area contributed by atoms with Crippen molar-refractivity contribution in [3.63, 3.8) is 0 Å². The second-order valence-corrected chi connectivity index (χ2v) is 9.11. The molecule has 36 heavy (non-hydrogen) atoms. The van der Waals surface area contributed by atoms with Gasteiger partial charge in [0.05, 0.1) is 28.7 Å². The van der Waals surface area contributed by atoms with Crippen LogP contribution in [0.25, 0.3) is 21.9 Å². The molecule has 0 amide bonds. The summed E-state index contributed by atoms with van der Waals surface area (Å²) >= 11 is 6.33. The molecular weight excluding hydrogens is 484 g/mol. The number of benzene rings is 2. The van der Waals surface area contributed by atoms with Crippen LogP contribution in [0.15, 0.2) is 47.3 Å². The topological polar surface area (TPSA) is 98.9 Å². The number of ether oxygens (including phenoxy) is 3. The summed E-state index contributed by atoms with van der Waals surface area (Å²) in [6, 6.07) is 9.50. The lowest BCUT2D eigenvalue weighted by Gasteiger charge is -2.26. The van der Waals surface area contributed by atoms with Gasteiger partial charge in [-0.15, -0.1) is 0 Å². The summed E-state index contributed by atoms with van der Waals surface area (Å²) in [5.41, 5.74) is 2.07. The number of nitrogens with zero attached hydrogens (tertiary/aromatic N) is 3. The molecule has 0 radical (unpaired) electrons. The summed E-state index contributed by atoms with van der Waals surface area (Å²) in [6.45, 7) is 6.23. The van der Waals surface area contributed by atoms with E-state index in [4.69, 9.17) is 30.2 Å². The highest BCUT2D eigenvalue weighted by atomic mass is 35.5. The van der Waals surface area contributed by atoms with E-state index in [2.05, 4.69) is 34.0 Å². The highest BCUT2D eigenvalue weighted by Crippen LogP contribution is 2.37. The molecule has 0 saturated heterocycles. The Kier molecular flexibility index (Phi) is 7.81. The van der Waals surface area contributed by atoms with Gasteiger partial charge in [-0.05, 0) is 39.1 Å². The van der Waals surface area contributed by atoms with Crippen molar-refractivity contribution in [3.8, 4) is 11.5 Å². The molecule has 2 heterocycles. The first-order valence-electron chi connectivity index (χ1n) is 11.5. The number of anilines is 2. The maximum absolute atomic E-state index is 11.6. The summed E-state index contributed by atoms with van der Waals surface area (Å²) in [4.78, 5) is 22.6. The standard InChI is InChI=1S/C26H29ClN4O5/c1-15(2)31(4)11-17(36-16(3)32)12-34-24-10-21-18(9-23(24)33-5)26(29-14-28-21)30-20-7-6-8-22-25(20)19(27)13-35-22/h6-10,13-15,17H,11-12H2,1-5H3,(H,28,29,30). The second kappa shape index (κ2) is 11.0. The van der Waals surface area contributed by atoms with Crippen LogP contribution in [0.1, 0.15) is 20.8 Å². The lowest BCUT2D eigenvalue weighted by Crippen LogP contribution is -2.39. The zero-order valence-corrected chi connectivity index (χ0v) is 21.6. The lowest BCUT2D eigenvalue weighted by atomic mass is 10.2. The van der Waals surface area contributed by atoms with Crippen molar-refractivity contribution >= 4 is 50.9 Å². The van der Waals surface area contributed by atoms with E-state index in [1.165, 1.54) is 19.5 Å². The minimum atomic E-state index is -0.446. The number of rotatable bonds is 10. The van der Waals surface area contributed by atoms with Crippen molar-refractivity contribution in [3.05, 3.63) is 47.9 Å². The van der Waals surface area contributed by atoms with Gasteiger partial charge in [0.1, 0.15) is 36.7 Å². The molecule has 9 nitrogen and oxygen atoms in total. The Morgan fingerprint density at radius 1 is 1.22 bits per heavy atom. The fourth-order valence-electron chi connectivity index (χ4n) is 3.79. The largest absolute Gasteiger partial charge is 0.493 e. The van der Waals surface area contributed by atoms with Gasteiger partial charge in [-0.3, -0.25) is 4.79 Å². The minimum Gasteiger partial charge on any atom is -0.493 e. The highest BCUT2D eigenvalue weighted by Gasteiger charge is 2.20. The summed E-state index contributed by atoms with van der Waals surface area (Å²) in [5.74, 6) is 1.20. The number of methoxy groups -OCH3 is 1. The molecule has 1 atom stereocenters. The van der Waals surface area contributed by atoms with Gasteiger partial charge >= 0.3 is 5.97 Å². The van der Waals surface area contributed by atoms with Crippen LogP contribution in [0, 0.1) is 0 Å². The molecule has 2 aromatic heterocycles. The average Bonchev–Trinajstić information content (AvgIpc) is 3.23. The van der Waals surface area contributed by atoms with E-state index < -0.39 is 6.10 Å². The van der Waals surface area contributed by atoms with E-state index in [-0.39, 0.29) is 12.6 Å². The Bertz CT molecular complexity index is 1370. The molecule has 0 aliphatic heterocycles. The number of carbonyl (C=O) groups is 1. The SMILES string of the molecule is COc1cc2c(Nc3cccc4occ(Cl)c34)ncnc2cc1OCC(CN(C)C(C)C)OC(C)=O. The number of aromatic nitrogens is 2. The van der Waals surface area contributed by atoms with Crippen LogP contribution >= 0.6 is 11.6 Å². The second-order valence-electron chi connectivity index (χ2n) is 8.71. The van der Waals surface area contributed by atoms with Gasteiger partial charge in [0.2, 0.25) is 0 Å². The number of furan rings is 1. The predicted molar refractivity (Wildman–Crippen MR) is 139 cm³/mol. The zero-order chi connectivity index (χ0) is 25.8. The average molecular weight is 513 g/mol. The van der Waals surface area contributed by atoms with E-state index in [1.54, 1.807) is 13.2 Å². The van der Waals surface area contributed by atoms with E-state index in [0.29, 0.717) is 46.0 Å². The first-order valence-corrected chi connectivity index (χ1v) is 11.9. The van der Waals surface area contributed by atoms with E-state index in [1.807, 2.05) is 31.3 Å². The highest BCUT2D eigenvalue weighted by molar-refractivity contribution is 6.36. The Balaban J connectivity index is 1.62. The molecule has 190 valence electrons. The minimum absolute atomic E-state index is 0.162. The number of hydrogen-bond acceptors (Lipinski definition) is 9. The van der Waals surface area contributed by atoms with Crippen LogP contribution < -0.4 is 14.8 Å². The fraction of sp³-hybridized carbons (Fsp3) is 0.346. The first-order chi connectivity index (χ1) is 17.3. The number of likely N-dealkylation sites (N-methyl/N-ethyl adjacent to an activating group) is 1. The number of carbonyl (C=O) groups excluding carboxylic acids is 1. The zero-order valence-electron chi connectivity index (χ0n) is 20.9. The van der Waals surface area contributed by atoms with Gasteiger partial charge in [0.15, 0.2) is 11.5 Å². The van der Waals surface area contributed by atoms with Crippen LogP contribution in [0.3, 0.4) is 0 Å². The molecule has 0 aliphatic rings. The van der Waals surface area contributed by atoms with Crippen molar-refractivity contribution in [2.75, 3.05) is 32.6 Å². The lowest BCUT2D eigenvalue weighted by molar-refractivity contribution is -0.148. The Morgan fingerprint density at radius 2 is 2.03 bits per heavy atom. The summed E-state index contributed by atoms with van der Waals surface area (Å²) < 4.78 is 22.6. The number of fused-ring (bicyclic) bond motifs is 2. The van der Waals surface area contributed by atoms with Crippen LogP contribution in [-0.4, -0.2) is 60.3 Å². The van der Waals surface area contributed by atoms with Crippen molar-refractivity contribution in [2.45, 2.75) is 32.9 Å². The van der Waals surface area contributed by atoms with E-state index in [0.717, 1.165) is 16.5 Å². The van der Waals surface area contributed by atoms with Gasteiger partial charge in [0, 0.05) is 31.0 Å². The van der Waals surface area contributed by atoms with Crippen molar-refractivity contribution in [1.82, 2.24) is 14.9 Å². The number of esters is 1. The van der Waals surface area contributed by atoms with Crippen molar-refractivity contribution in [2.24, 2.45) is 0 Å². The van der Waals surface area contributed by atoms with Gasteiger partial charge in [-0.25, -0.2) is 9.97 Å². The van der Waals surface area contributed by atoms with Crippen LogP contribution in [0.4, 0.5) is 11.5 Å². The Hall–Kier alpha value is -3.56. The van der Waals surface area contributed by atoms with E-state index in [9.17, 15) is 4.79 Å². The molecule has 0 saturated carbocycles. The third-order valence-electron chi connectivity index (χ3n) is 5.86. The van der Waals surface area contributed by atoms with Crippen LogP contribution in [0.5, 0.6) is 11.5 Å².